The zero-order chi connectivity index (χ0) is 2.00. The molecule has 0 saturated carbocycles. The maximum Gasteiger partial charge on any atom is 0 e. The molecule has 0 fully saturated rings. The van der Waals surface area contributed by atoms with E-state index >= 15 is 0 Å². The van der Waals surface area contributed by atoms with Gasteiger partial charge in [0, 0.05) is 61.8 Å². The fraction of sp³-hybridized carbons (Fsp3) is 0. The molecule has 0 heterocycles. The third kappa shape index (κ3) is 19.4. The van der Waals surface area contributed by atoms with Crippen LogP contribution in [-0.2, 0) is 30.0 Å². The molecule has 0 aromatic carbocycles. The first kappa shape index (κ1) is 24.5. The van der Waals surface area contributed by atoms with E-state index in [1.165, 1.54) is 0 Å². The summed E-state index contributed by atoms with van der Waals surface area (Å²) in [6, 6.07) is 0. The minimum absolute atomic E-state index is 0. The molecule has 0 bridgehead atoms. The predicted molar refractivity (Wildman–Crippen MR) is 8.95 cm³/mol. The normalized spacial score (nSPS) is 0.600. The molecule has 1 radical (unpaired) electrons. The molecular formula is H2AlLaLiOZr. The molecule has 0 spiro atoms. The summed E-state index contributed by atoms with van der Waals surface area (Å²) in [7, 11) is 0. The minimum atomic E-state index is 0. The van der Waals surface area contributed by atoms with Gasteiger partial charge in [-0.2, -0.15) is 0 Å². The molecule has 0 atom stereocenters. The van der Waals surface area contributed by atoms with Crippen molar-refractivity contribution in [1.82, 2.24) is 0 Å². The van der Waals surface area contributed by atoms with Crippen molar-refractivity contribution in [3.8, 4) is 0 Å². The van der Waals surface area contributed by atoms with Crippen molar-refractivity contribution in [2.45, 2.75) is 0 Å². The van der Waals surface area contributed by atoms with E-state index in [9.17, 15) is 0 Å². The van der Waals surface area contributed by atoms with Crippen molar-refractivity contribution >= 4 is 16.2 Å². The Kier molecular flexibility index (Phi) is 137. The van der Waals surface area contributed by atoms with Gasteiger partial charge in [-0.1, -0.05) is 0 Å². The Balaban J connectivity index is -0.000000000833. The smallest absolute Gasteiger partial charge is 0 e. The molecule has 0 aromatic heterocycles. The van der Waals surface area contributed by atoms with Crippen LogP contribution in [0.1, 0.15) is 1.43 Å². The number of rotatable bonds is 0. The van der Waals surface area contributed by atoms with Crippen LogP contribution in [0, 0.1) is 35.6 Å². The Bertz CT molecular complexity index is 15.5. The van der Waals surface area contributed by atoms with Crippen molar-refractivity contribution in [2.75, 3.05) is 0 Å². The van der Waals surface area contributed by atoms with Crippen LogP contribution in [0.5, 0.6) is 0 Å². The first-order valence-electron chi connectivity index (χ1n) is 0.289. The summed E-state index contributed by atoms with van der Waals surface area (Å²) in [6.45, 7) is 0. The Morgan fingerprint density at radius 2 is 1.40 bits per heavy atom. The largest absolute Gasteiger partial charge is 0 e. The molecule has 0 aliphatic rings. The summed E-state index contributed by atoms with van der Waals surface area (Å²) in [4.78, 5) is 0. The van der Waals surface area contributed by atoms with Crippen LogP contribution < -0.4 is 18.9 Å². The van der Waals surface area contributed by atoms with Crippen LogP contribution in [0.15, 0.2) is 0 Å². The van der Waals surface area contributed by atoms with Crippen molar-refractivity contribution in [1.29, 1.82) is 0 Å². The Morgan fingerprint density at radius 3 is 1.40 bits per heavy atom. The quantitative estimate of drug-likeness (QED) is 0.419. The van der Waals surface area contributed by atoms with Gasteiger partial charge < -0.3 is 1.43 Å². The van der Waals surface area contributed by atoms with Gasteiger partial charge in [-0.3, -0.25) is 0 Å². The monoisotopic (exact) mass is 281 g/mol. The average molecular weight is 282 g/mol. The van der Waals surface area contributed by atoms with Gasteiger partial charge in [0.05, 0.1) is 0 Å². The summed E-state index contributed by atoms with van der Waals surface area (Å²) in [5, 5.41) is 0. The van der Waals surface area contributed by atoms with Crippen LogP contribution in [0.25, 0.3) is 0 Å². The molecule has 19 valence electrons. The third-order valence-electron chi connectivity index (χ3n) is 0. The Labute approximate surface area is 100 Å². The first-order chi connectivity index (χ1) is 1.00. The van der Waals surface area contributed by atoms with Crippen molar-refractivity contribution < 1.29 is 85.9 Å². The SMILES string of the molecule is [H-].[La].[Li+].[O]=[AlH].[Zr]. The van der Waals surface area contributed by atoms with Crippen LogP contribution in [0.2, 0.25) is 0 Å². The fourth-order valence-corrected chi connectivity index (χ4v) is 0. The van der Waals surface area contributed by atoms with Gasteiger partial charge in [0.2, 0.25) is 0 Å². The van der Waals surface area contributed by atoms with Crippen molar-refractivity contribution in [2.24, 2.45) is 0 Å². The van der Waals surface area contributed by atoms with Gasteiger partial charge in [-0.25, -0.2) is 0 Å². The molecule has 0 rings (SSSR count). The van der Waals surface area contributed by atoms with Crippen molar-refractivity contribution in [3.05, 3.63) is 0 Å². The Hall–Kier alpha value is 3.01. The van der Waals surface area contributed by atoms with E-state index in [2.05, 4.69) is 0 Å². The van der Waals surface area contributed by atoms with E-state index in [4.69, 9.17) is 3.80 Å². The van der Waals surface area contributed by atoms with Crippen LogP contribution in [-0.4, -0.2) is 16.2 Å². The maximum atomic E-state index is 8.28. The number of hydrogen-bond donors (Lipinski definition) is 0. The summed E-state index contributed by atoms with van der Waals surface area (Å²) >= 11 is 0.611. The summed E-state index contributed by atoms with van der Waals surface area (Å²) < 4.78 is 8.28. The summed E-state index contributed by atoms with van der Waals surface area (Å²) in [5.74, 6) is 0. The molecule has 0 N–H and O–H groups in total. The van der Waals surface area contributed by atoms with Gasteiger partial charge in [0.1, 0.15) is 0 Å². The molecule has 0 aliphatic heterocycles. The van der Waals surface area contributed by atoms with Gasteiger partial charge in [-0.05, 0) is 0 Å². The molecule has 0 saturated heterocycles. The maximum absolute atomic E-state index is 8.28. The van der Waals surface area contributed by atoms with Gasteiger partial charge in [0.25, 0.3) is 0 Å². The first-order valence-corrected chi connectivity index (χ1v) is 0.866. The minimum Gasteiger partial charge on any atom is 0 e. The Morgan fingerprint density at radius 1 is 1.40 bits per heavy atom. The molecule has 0 aromatic rings. The standard InChI is InChI=1S/Al.La.Li.O.Zr.2H/q;;+1;;;;-1. The van der Waals surface area contributed by atoms with Crippen molar-refractivity contribution in [3.63, 3.8) is 0 Å². The second kappa shape index (κ2) is 28.0. The summed E-state index contributed by atoms with van der Waals surface area (Å²) in [6.07, 6.45) is 0. The van der Waals surface area contributed by atoms with Gasteiger partial charge in [-0.15, -0.1) is 0 Å². The third-order valence-corrected chi connectivity index (χ3v) is 0. The molecule has 1 nitrogen and oxygen atoms in total. The average Bonchev–Trinajstić information content (AvgIpc) is 1.00. The second-order valence-electron chi connectivity index (χ2n) is 0. The van der Waals surface area contributed by atoms with E-state index in [0.29, 0.717) is 16.2 Å². The van der Waals surface area contributed by atoms with Gasteiger partial charge >= 0.3 is 38.9 Å². The summed E-state index contributed by atoms with van der Waals surface area (Å²) in [5.41, 5.74) is 0. The number of hydrogen-bond acceptors (Lipinski definition) is 1. The fourth-order valence-electron chi connectivity index (χ4n) is 0. The van der Waals surface area contributed by atoms with Crippen LogP contribution in [0.4, 0.5) is 0 Å². The molecule has 0 unspecified atom stereocenters. The molecule has 0 aliphatic carbocycles. The van der Waals surface area contributed by atoms with Crippen LogP contribution in [0.3, 0.4) is 0 Å². The second-order valence-corrected chi connectivity index (χ2v) is 0. The zero-order valence-corrected chi connectivity index (χ0v) is 10.7. The topological polar surface area (TPSA) is 17.1 Å². The molecule has 0 amide bonds. The predicted octanol–water partition coefficient (Wildman–Crippen LogP) is -3.65. The van der Waals surface area contributed by atoms with E-state index in [1.54, 1.807) is 0 Å². The molecule has 5 heavy (non-hydrogen) atoms. The van der Waals surface area contributed by atoms with E-state index in [0.717, 1.165) is 0 Å². The zero-order valence-electron chi connectivity index (χ0n) is 4.19. The van der Waals surface area contributed by atoms with Gasteiger partial charge in [0.15, 0.2) is 0 Å². The van der Waals surface area contributed by atoms with E-state index in [1.807, 2.05) is 0 Å². The van der Waals surface area contributed by atoms with Crippen LogP contribution >= 0.6 is 0 Å². The van der Waals surface area contributed by atoms with E-state index < -0.39 is 0 Å². The molecule has 5 heteroatoms. The van der Waals surface area contributed by atoms with E-state index in [-0.39, 0.29) is 82.1 Å². The molecular weight excluding hydrogens is 280 g/mol.